The van der Waals surface area contributed by atoms with Crippen LogP contribution in [0.2, 0.25) is 5.15 Å². The fourth-order valence-corrected chi connectivity index (χ4v) is 5.43. The third kappa shape index (κ3) is 6.40. The van der Waals surface area contributed by atoms with Gasteiger partial charge in [0.2, 0.25) is 11.8 Å². The second-order valence-electron chi connectivity index (χ2n) is 10.6. The molecular formula is C29H38ClN4O3+. The van der Waals surface area contributed by atoms with E-state index in [0.717, 1.165) is 60.7 Å². The molecule has 0 radical (unpaired) electrons. The van der Waals surface area contributed by atoms with Crippen LogP contribution in [0.3, 0.4) is 0 Å². The first-order chi connectivity index (χ1) is 17.7. The Labute approximate surface area is 224 Å². The van der Waals surface area contributed by atoms with E-state index in [4.69, 9.17) is 31.8 Å². The highest BCUT2D eigenvalue weighted by Gasteiger charge is 2.50. The number of ether oxygens (including phenoxy) is 2. The van der Waals surface area contributed by atoms with Gasteiger partial charge in [0.15, 0.2) is 0 Å². The van der Waals surface area contributed by atoms with Crippen molar-refractivity contribution in [2.45, 2.75) is 57.1 Å². The van der Waals surface area contributed by atoms with Gasteiger partial charge in [0.05, 0.1) is 20.7 Å². The van der Waals surface area contributed by atoms with Crippen LogP contribution < -0.4 is 10.5 Å². The van der Waals surface area contributed by atoms with E-state index in [2.05, 4.69) is 44.2 Å². The number of nitrogens with two attached hydrogens (primary N) is 1. The number of amides is 1. The number of likely N-dealkylation sites (N-methyl/N-ethyl adjacent to an activating group) is 1. The summed E-state index contributed by atoms with van der Waals surface area (Å²) in [6.07, 6.45) is 6.40. The third-order valence-corrected chi connectivity index (χ3v) is 8.03. The lowest BCUT2D eigenvalue weighted by molar-refractivity contribution is -0.944. The molecular weight excluding hydrogens is 488 g/mol. The van der Waals surface area contributed by atoms with Crippen LogP contribution in [0.15, 0.2) is 48.7 Å². The second-order valence-corrected chi connectivity index (χ2v) is 11.0. The van der Waals surface area contributed by atoms with Crippen molar-refractivity contribution in [2.24, 2.45) is 5.73 Å². The van der Waals surface area contributed by atoms with Crippen LogP contribution in [-0.4, -0.2) is 65.9 Å². The number of pyridine rings is 2. The fraction of sp³-hybridized carbons (Fsp3) is 0.483. The summed E-state index contributed by atoms with van der Waals surface area (Å²) in [5, 5.41) is 2.63. The number of halogens is 1. The van der Waals surface area contributed by atoms with Gasteiger partial charge < -0.3 is 19.7 Å². The van der Waals surface area contributed by atoms with Crippen LogP contribution in [0.1, 0.15) is 43.9 Å². The van der Waals surface area contributed by atoms with Crippen molar-refractivity contribution in [3.63, 3.8) is 0 Å². The van der Waals surface area contributed by atoms with Crippen molar-refractivity contribution < 1.29 is 18.8 Å². The molecule has 2 N–H and O–H groups in total. The Morgan fingerprint density at radius 3 is 2.81 bits per heavy atom. The summed E-state index contributed by atoms with van der Waals surface area (Å²) in [6, 6.07) is 14.2. The van der Waals surface area contributed by atoms with Crippen LogP contribution in [-0.2, 0) is 22.4 Å². The van der Waals surface area contributed by atoms with E-state index in [-0.39, 0.29) is 5.54 Å². The maximum atomic E-state index is 12.1. The molecule has 0 spiro atoms. The van der Waals surface area contributed by atoms with E-state index in [9.17, 15) is 4.79 Å². The summed E-state index contributed by atoms with van der Waals surface area (Å²) in [5.74, 6) is 0.260. The molecule has 0 bridgehead atoms. The van der Waals surface area contributed by atoms with Crippen molar-refractivity contribution in [3.8, 4) is 5.88 Å². The molecule has 2 unspecified atom stereocenters. The number of rotatable bonds is 11. The number of nitrogens with zero attached hydrogens (tertiary/aromatic N) is 3. The lowest BCUT2D eigenvalue weighted by Gasteiger charge is -2.52. The molecule has 37 heavy (non-hydrogen) atoms. The molecule has 2 atom stereocenters. The molecule has 1 fully saturated rings. The van der Waals surface area contributed by atoms with Crippen LogP contribution in [0.25, 0.3) is 10.8 Å². The van der Waals surface area contributed by atoms with Crippen LogP contribution in [0.5, 0.6) is 5.88 Å². The Hall–Kier alpha value is -2.74. The van der Waals surface area contributed by atoms with Gasteiger partial charge in [-0.25, -0.2) is 9.97 Å². The molecule has 8 heteroatoms. The molecule has 4 rings (SSSR count). The summed E-state index contributed by atoms with van der Waals surface area (Å²) in [5.41, 5.74) is 7.53. The van der Waals surface area contributed by atoms with E-state index >= 15 is 0 Å². The number of aromatic nitrogens is 2. The Balaban J connectivity index is 1.56. The molecule has 0 aliphatic carbocycles. The first-order valence-electron chi connectivity index (χ1n) is 13.1. The largest absolute Gasteiger partial charge is 0.471 e. The number of carbonyl (C=O) groups excluding carboxylic acids is 1. The Bertz CT molecular complexity index is 1220. The summed E-state index contributed by atoms with van der Waals surface area (Å²) < 4.78 is 12.8. The minimum Gasteiger partial charge on any atom is -0.471 e. The van der Waals surface area contributed by atoms with Gasteiger partial charge >= 0.3 is 0 Å². The summed E-state index contributed by atoms with van der Waals surface area (Å²) in [4.78, 5) is 21.3. The van der Waals surface area contributed by atoms with E-state index in [1.165, 1.54) is 0 Å². The van der Waals surface area contributed by atoms with Gasteiger partial charge in [-0.2, -0.15) is 0 Å². The summed E-state index contributed by atoms with van der Waals surface area (Å²) >= 11 is 6.03. The maximum absolute atomic E-state index is 12.1. The third-order valence-electron chi connectivity index (χ3n) is 7.81. The zero-order valence-corrected chi connectivity index (χ0v) is 22.8. The number of hydrogen-bond acceptors (Lipinski definition) is 5. The Morgan fingerprint density at radius 2 is 2.08 bits per heavy atom. The number of fused-ring (bicyclic) bond motifs is 1. The standard InChI is InChI=1S/C29H37ClN4O3/c1-4-5-9-23-17-22-8-6-7-10-24(22)28(33-23)37-16-14-34(2,3)29(13-15-36-25(19-29)27(31)35)18-21-11-12-26(30)32-20-21/h6-8,10-12,17,20,25H,4-5,9,13-16,18-19H2,1-3H3,(H-,31,35)/p+1. The molecule has 7 nitrogen and oxygen atoms in total. The molecule has 1 amide bonds. The van der Waals surface area contributed by atoms with Crippen LogP contribution in [0, 0.1) is 0 Å². The minimum atomic E-state index is -0.617. The van der Waals surface area contributed by atoms with Crippen LogP contribution in [0.4, 0.5) is 0 Å². The Morgan fingerprint density at radius 1 is 1.27 bits per heavy atom. The number of primary amides is 1. The average Bonchev–Trinajstić information content (AvgIpc) is 2.88. The predicted octanol–water partition coefficient (Wildman–Crippen LogP) is 4.73. The van der Waals surface area contributed by atoms with Gasteiger partial charge in [-0.05, 0) is 42.0 Å². The lowest BCUT2D eigenvalue weighted by Crippen LogP contribution is -2.66. The number of aryl methyl sites for hydroxylation is 1. The quantitative estimate of drug-likeness (QED) is 0.289. The summed E-state index contributed by atoms with van der Waals surface area (Å²) in [7, 11) is 4.39. The molecule has 2 aromatic heterocycles. The molecule has 1 saturated heterocycles. The average molecular weight is 526 g/mol. The van der Waals surface area contributed by atoms with Crippen molar-refractivity contribution in [1.82, 2.24) is 9.97 Å². The van der Waals surface area contributed by atoms with Gasteiger partial charge in [0.1, 0.15) is 29.9 Å². The first kappa shape index (κ1) is 27.3. The molecule has 198 valence electrons. The van der Waals surface area contributed by atoms with Gasteiger partial charge in [0.25, 0.3) is 0 Å². The van der Waals surface area contributed by atoms with Crippen molar-refractivity contribution in [1.29, 1.82) is 0 Å². The SMILES string of the molecule is CCCCc1cc2ccccc2c(OCC[N+](C)(C)C2(Cc3ccc(Cl)nc3)CCOC(C(N)=O)C2)n1. The minimum absolute atomic E-state index is 0.282. The zero-order valence-electron chi connectivity index (χ0n) is 22.1. The highest BCUT2D eigenvalue weighted by Crippen LogP contribution is 2.38. The molecule has 3 aromatic rings. The number of quaternary nitrogens is 1. The highest BCUT2D eigenvalue weighted by molar-refractivity contribution is 6.29. The van der Waals surface area contributed by atoms with Gasteiger partial charge in [0, 0.05) is 36.5 Å². The molecule has 1 aromatic carbocycles. The predicted molar refractivity (Wildman–Crippen MR) is 147 cm³/mol. The lowest BCUT2D eigenvalue weighted by atomic mass is 9.78. The first-order valence-corrected chi connectivity index (χ1v) is 13.5. The number of unbranched alkanes of at least 4 members (excludes halogenated alkanes) is 1. The van der Waals surface area contributed by atoms with Gasteiger partial charge in [-0.1, -0.05) is 49.2 Å². The van der Waals surface area contributed by atoms with E-state index < -0.39 is 12.0 Å². The molecule has 3 heterocycles. The molecule has 1 aliphatic heterocycles. The van der Waals surface area contributed by atoms with Gasteiger partial charge in [-0.3, -0.25) is 4.79 Å². The van der Waals surface area contributed by atoms with E-state index in [1.807, 2.05) is 24.4 Å². The van der Waals surface area contributed by atoms with E-state index in [0.29, 0.717) is 35.2 Å². The molecule has 1 aliphatic rings. The summed E-state index contributed by atoms with van der Waals surface area (Å²) in [6.45, 7) is 3.88. The number of carbonyl (C=O) groups is 1. The zero-order chi connectivity index (χ0) is 26.5. The maximum Gasteiger partial charge on any atom is 0.246 e. The Kier molecular flexibility index (Phi) is 8.67. The van der Waals surface area contributed by atoms with Crippen LogP contribution >= 0.6 is 11.6 Å². The van der Waals surface area contributed by atoms with Crippen molar-refractivity contribution >= 4 is 28.3 Å². The second kappa shape index (κ2) is 11.8. The smallest absolute Gasteiger partial charge is 0.246 e. The monoisotopic (exact) mass is 525 g/mol. The fourth-order valence-electron chi connectivity index (χ4n) is 5.32. The number of benzene rings is 1. The topological polar surface area (TPSA) is 87.3 Å². The highest BCUT2D eigenvalue weighted by atomic mass is 35.5. The number of hydrogen-bond donors (Lipinski definition) is 1. The normalized spacial score (nSPS) is 20.2. The van der Waals surface area contributed by atoms with Gasteiger partial charge in [-0.15, -0.1) is 0 Å². The molecule has 0 saturated carbocycles. The van der Waals surface area contributed by atoms with E-state index in [1.54, 1.807) is 6.07 Å². The van der Waals surface area contributed by atoms with Crippen molar-refractivity contribution in [3.05, 3.63) is 65.1 Å². The van der Waals surface area contributed by atoms with Crippen molar-refractivity contribution in [2.75, 3.05) is 33.9 Å².